The quantitative estimate of drug-likeness (QED) is 0.251. The minimum atomic E-state index is 0. The van der Waals surface area contributed by atoms with Gasteiger partial charge in [-0.05, 0) is 0 Å². The van der Waals surface area contributed by atoms with Crippen molar-refractivity contribution in [1.29, 1.82) is 0 Å². The molecule has 0 nitrogen and oxygen atoms in total. The van der Waals surface area contributed by atoms with Gasteiger partial charge in [0.05, 0.1) is 0 Å². The fourth-order valence-electron chi connectivity index (χ4n) is 0.706. The predicted molar refractivity (Wildman–Crippen MR) is 47.4 cm³/mol. The molecule has 0 aliphatic carbocycles. The largest absolute Gasteiger partial charge is 1.00 e. The molecule has 0 aliphatic heterocycles. The fourth-order valence-corrected chi connectivity index (χ4v) is 0.910. The molecule has 0 amide bonds. The summed E-state index contributed by atoms with van der Waals surface area (Å²) in [4.78, 5) is 0. The molecular formula is C8H18KS-. The average molecular weight is 185 g/mol. The zero-order valence-electron chi connectivity index (χ0n) is 7.65. The van der Waals surface area contributed by atoms with E-state index < -0.39 is 0 Å². The summed E-state index contributed by atoms with van der Waals surface area (Å²) in [6.07, 6.45) is 6.69. The second-order valence-electron chi connectivity index (χ2n) is 2.12. The van der Waals surface area contributed by atoms with E-state index >= 15 is 0 Å². The maximum absolute atomic E-state index is 4.80. The molecule has 10 heavy (non-hydrogen) atoms. The molecule has 0 aliphatic rings. The maximum atomic E-state index is 4.80. The van der Waals surface area contributed by atoms with Crippen molar-refractivity contribution in [1.82, 2.24) is 0 Å². The summed E-state index contributed by atoms with van der Waals surface area (Å²) in [6.45, 7) is 2.23. The summed E-state index contributed by atoms with van der Waals surface area (Å²) in [5, 5.41) is 0. The number of hydrogen-bond donors (Lipinski definition) is 0. The third-order valence-corrected chi connectivity index (χ3v) is 1.54. The topological polar surface area (TPSA) is 0 Å². The molecule has 58 valence electrons. The molecule has 2 heteroatoms. The van der Waals surface area contributed by atoms with Crippen LogP contribution in [0, 0.1) is 7.43 Å². The van der Waals surface area contributed by atoms with Crippen molar-refractivity contribution in [2.45, 2.75) is 39.0 Å². The van der Waals surface area contributed by atoms with Crippen molar-refractivity contribution in [2.75, 3.05) is 5.75 Å². The van der Waals surface area contributed by atoms with E-state index in [0.29, 0.717) is 0 Å². The molecule has 0 aromatic rings. The summed E-state index contributed by atoms with van der Waals surface area (Å²) >= 11 is 4.80. The van der Waals surface area contributed by atoms with E-state index in [9.17, 15) is 0 Å². The monoisotopic (exact) mass is 185 g/mol. The van der Waals surface area contributed by atoms with Gasteiger partial charge in [0, 0.05) is 0 Å². The summed E-state index contributed by atoms with van der Waals surface area (Å²) < 4.78 is 0. The van der Waals surface area contributed by atoms with Crippen molar-refractivity contribution >= 4 is 12.6 Å². The van der Waals surface area contributed by atoms with Crippen LogP contribution in [-0.2, 0) is 12.6 Å². The van der Waals surface area contributed by atoms with Crippen molar-refractivity contribution < 1.29 is 51.4 Å². The van der Waals surface area contributed by atoms with Gasteiger partial charge in [-0.3, -0.25) is 0 Å². The van der Waals surface area contributed by atoms with Gasteiger partial charge in [0.25, 0.3) is 0 Å². The Hall–Kier alpha value is 1.99. The molecule has 0 rings (SSSR count). The Morgan fingerprint density at radius 3 is 1.90 bits per heavy atom. The first-order chi connectivity index (χ1) is 3.91. The molecule has 0 bridgehead atoms. The van der Waals surface area contributed by atoms with Crippen LogP contribution in [0.3, 0.4) is 0 Å². The van der Waals surface area contributed by atoms with Gasteiger partial charge in [-0.25, -0.2) is 0 Å². The number of unbranched alkanes of at least 4 members (excludes halogenated alkanes) is 4. The van der Waals surface area contributed by atoms with Crippen LogP contribution in [0.4, 0.5) is 0 Å². The molecule has 0 saturated heterocycles. The third kappa shape index (κ3) is 16.5. The Bertz CT molecular complexity index is 34.2. The molecule has 0 fully saturated rings. The number of rotatable bonds is 5. The first kappa shape index (κ1) is 17.9. The van der Waals surface area contributed by atoms with Crippen molar-refractivity contribution in [3.05, 3.63) is 7.43 Å². The smallest absolute Gasteiger partial charge is 0.793 e. The van der Waals surface area contributed by atoms with Crippen molar-refractivity contribution in [3.63, 3.8) is 0 Å². The molecule has 0 aromatic heterocycles. The normalized spacial score (nSPS) is 7.80. The van der Waals surface area contributed by atoms with Gasteiger partial charge in [-0.15, -0.1) is 0 Å². The van der Waals surface area contributed by atoms with Crippen LogP contribution in [0.15, 0.2) is 0 Å². The van der Waals surface area contributed by atoms with Gasteiger partial charge in [-0.2, -0.15) is 5.75 Å². The Morgan fingerprint density at radius 1 is 1.00 bits per heavy atom. The Labute approximate surface area is 114 Å². The molecule has 0 N–H and O–H groups in total. The fraction of sp³-hybridized carbons (Fsp3) is 0.875. The maximum Gasteiger partial charge on any atom is 1.00 e. The average Bonchev–Trinajstić information content (AvgIpc) is 1.81. The summed E-state index contributed by atoms with van der Waals surface area (Å²) in [5.41, 5.74) is 0. The van der Waals surface area contributed by atoms with Gasteiger partial charge in [0.2, 0.25) is 0 Å². The van der Waals surface area contributed by atoms with Gasteiger partial charge in [-0.1, -0.05) is 39.0 Å². The van der Waals surface area contributed by atoms with E-state index in [1.54, 1.807) is 0 Å². The van der Waals surface area contributed by atoms with E-state index in [1.807, 2.05) is 0 Å². The van der Waals surface area contributed by atoms with Gasteiger partial charge in [0.15, 0.2) is 0 Å². The zero-order valence-corrected chi connectivity index (χ0v) is 11.6. The molecule has 0 radical (unpaired) electrons. The van der Waals surface area contributed by atoms with E-state index in [-0.39, 0.29) is 58.8 Å². The molecule has 0 heterocycles. The summed E-state index contributed by atoms with van der Waals surface area (Å²) in [7, 11) is 0. The Kier molecular flexibility index (Phi) is 30.8. The van der Waals surface area contributed by atoms with Crippen LogP contribution in [0.5, 0.6) is 0 Å². The minimum Gasteiger partial charge on any atom is -0.793 e. The zero-order chi connectivity index (χ0) is 6.24. The molecule has 0 aromatic carbocycles. The van der Waals surface area contributed by atoms with Gasteiger partial charge < -0.3 is 20.1 Å². The first-order valence-electron chi connectivity index (χ1n) is 3.50. The predicted octanol–water partition coefficient (Wildman–Crippen LogP) is -0.0420. The van der Waals surface area contributed by atoms with E-state index in [0.717, 1.165) is 5.75 Å². The van der Waals surface area contributed by atoms with Crippen LogP contribution in [0.1, 0.15) is 39.0 Å². The second kappa shape index (κ2) is 17.2. The van der Waals surface area contributed by atoms with Crippen LogP contribution in [0.2, 0.25) is 0 Å². The Balaban J connectivity index is -0.000000245. The SMILES string of the molecule is CCCCCCC[S-].[CH3-].[K+]. The van der Waals surface area contributed by atoms with Crippen molar-refractivity contribution in [2.24, 2.45) is 0 Å². The van der Waals surface area contributed by atoms with Crippen LogP contribution in [0.25, 0.3) is 0 Å². The van der Waals surface area contributed by atoms with E-state index in [2.05, 4.69) is 6.92 Å². The van der Waals surface area contributed by atoms with E-state index in [4.69, 9.17) is 12.6 Å². The standard InChI is InChI=1S/C7H16S.CH3.K/c1-2-3-4-5-6-7-8;;/h8H,2-7H2,1H3;1H3;/q;-1;+1/p-1. The summed E-state index contributed by atoms with van der Waals surface area (Å²) in [5.74, 6) is 0.948. The van der Waals surface area contributed by atoms with Crippen molar-refractivity contribution in [3.8, 4) is 0 Å². The molecule has 0 atom stereocenters. The molecule has 0 unspecified atom stereocenters. The minimum absolute atomic E-state index is 0. The molecule has 0 saturated carbocycles. The molecule has 0 spiro atoms. The van der Waals surface area contributed by atoms with E-state index in [1.165, 1.54) is 32.1 Å². The second-order valence-corrected chi connectivity index (χ2v) is 2.53. The van der Waals surface area contributed by atoms with Gasteiger partial charge in [0.1, 0.15) is 0 Å². The Morgan fingerprint density at radius 2 is 1.50 bits per heavy atom. The third-order valence-electron chi connectivity index (χ3n) is 1.25. The first-order valence-corrected chi connectivity index (χ1v) is 4.07. The van der Waals surface area contributed by atoms with Crippen LogP contribution in [-0.4, -0.2) is 5.75 Å². The molecular weight excluding hydrogens is 167 g/mol. The summed E-state index contributed by atoms with van der Waals surface area (Å²) in [6, 6.07) is 0. The van der Waals surface area contributed by atoms with Gasteiger partial charge >= 0.3 is 51.4 Å². The van der Waals surface area contributed by atoms with Crippen LogP contribution < -0.4 is 51.4 Å². The van der Waals surface area contributed by atoms with Crippen LogP contribution >= 0.6 is 0 Å². The number of hydrogen-bond acceptors (Lipinski definition) is 1.